The van der Waals surface area contributed by atoms with Gasteiger partial charge in [0.2, 0.25) is 0 Å². The molecular weight excluding hydrogens is 256 g/mol. The van der Waals surface area contributed by atoms with Gasteiger partial charge in [-0.2, -0.15) is 0 Å². The Morgan fingerprint density at radius 3 is 1.67 bits per heavy atom. The van der Waals surface area contributed by atoms with Gasteiger partial charge in [0.1, 0.15) is 5.75 Å². The molecule has 0 spiro atoms. The van der Waals surface area contributed by atoms with Crippen LogP contribution in [0.1, 0.15) is 22.6 Å². The summed E-state index contributed by atoms with van der Waals surface area (Å²) in [7, 11) is 1.74. The predicted molar refractivity (Wildman–Crippen MR) is 85.8 cm³/mol. The van der Waals surface area contributed by atoms with E-state index < -0.39 is 0 Å². The van der Waals surface area contributed by atoms with E-state index in [1.807, 2.05) is 12.1 Å². The van der Waals surface area contributed by atoms with Crippen LogP contribution in [0.2, 0.25) is 0 Å². The molecule has 0 heterocycles. The van der Waals surface area contributed by atoms with E-state index in [2.05, 4.69) is 60.7 Å². The molecule has 0 bridgehead atoms. The molecule has 0 N–H and O–H groups in total. The average molecular weight is 272 g/mol. The van der Waals surface area contributed by atoms with Gasteiger partial charge < -0.3 is 4.74 Å². The summed E-state index contributed by atoms with van der Waals surface area (Å²) >= 11 is 0. The topological polar surface area (TPSA) is 9.23 Å². The zero-order valence-corrected chi connectivity index (χ0v) is 11.9. The molecule has 0 amide bonds. The molecule has 1 nitrogen and oxygen atoms in total. The number of rotatable bonds is 2. The molecule has 21 heavy (non-hydrogen) atoms. The van der Waals surface area contributed by atoms with Crippen LogP contribution in [-0.2, 0) is 0 Å². The second kappa shape index (κ2) is 4.78. The summed E-state index contributed by atoms with van der Waals surface area (Å²) in [5.74, 6) is 1.21. The first-order valence-electron chi connectivity index (χ1n) is 7.21. The standard InChI is InChI=1S/C20H16O/c1-21-19-13-7-6-12-18(19)20-16-10-4-2-8-14(16)15-9-3-5-11-17(15)20/h2-13,20H,1H3. The first-order chi connectivity index (χ1) is 10.4. The van der Waals surface area contributed by atoms with Gasteiger partial charge in [-0.05, 0) is 28.3 Å². The molecule has 0 aromatic heterocycles. The lowest BCUT2D eigenvalue weighted by atomic mass is 9.89. The van der Waals surface area contributed by atoms with Crippen molar-refractivity contribution < 1.29 is 4.74 Å². The van der Waals surface area contributed by atoms with Gasteiger partial charge in [-0.25, -0.2) is 0 Å². The molecule has 0 atom stereocenters. The van der Waals surface area contributed by atoms with Crippen molar-refractivity contribution in [3.05, 3.63) is 89.5 Å². The second-order valence-corrected chi connectivity index (χ2v) is 5.35. The molecule has 0 saturated heterocycles. The highest BCUT2D eigenvalue weighted by atomic mass is 16.5. The van der Waals surface area contributed by atoms with Gasteiger partial charge in [-0.15, -0.1) is 0 Å². The van der Waals surface area contributed by atoms with Crippen molar-refractivity contribution in [1.82, 2.24) is 0 Å². The number of fused-ring (bicyclic) bond motifs is 3. The van der Waals surface area contributed by atoms with Crippen LogP contribution >= 0.6 is 0 Å². The number of methoxy groups -OCH3 is 1. The van der Waals surface area contributed by atoms with Crippen molar-refractivity contribution in [2.45, 2.75) is 5.92 Å². The Kier molecular flexibility index (Phi) is 2.78. The smallest absolute Gasteiger partial charge is 0.123 e. The van der Waals surface area contributed by atoms with Crippen LogP contribution in [-0.4, -0.2) is 7.11 Å². The van der Waals surface area contributed by atoms with Crippen LogP contribution in [0.5, 0.6) is 5.75 Å². The van der Waals surface area contributed by atoms with E-state index in [-0.39, 0.29) is 5.92 Å². The minimum atomic E-state index is 0.258. The average Bonchev–Trinajstić information content (AvgIpc) is 2.89. The van der Waals surface area contributed by atoms with Crippen LogP contribution in [0.4, 0.5) is 0 Å². The summed E-state index contributed by atoms with van der Waals surface area (Å²) < 4.78 is 5.59. The number of benzene rings is 3. The van der Waals surface area contributed by atoms with Crippen molar-refractivity contribution in [2.75, 3.05) is 7.11 Å². The van der Waals surface area contributed by atoms with Crippen LogP contribution in [0, 0.1) is 0 Å². The number of ether oxygens (including phenoxy) is 1. The Morgan fingerprint density at radius 2 is 1.10 bits per heavy atom. The summed E-state index contributed by atoms with van der Waals surface area (Å²) in [6.07, 6.45) is 0. The van der Waals surface area contributed by atoms with Crippen molar-refractivity contribution in [3.63, 3.8) is 0 Å². The minimum Gasteiger partial charge on any atom is -0.496 e. The van der Waals surface area contributed by atoms with Gasteiger partial charge in [0, 0.05) is 11.5 Å². The zero-order chi connectivity index (χ0) is 14.2. The molecule has 0 fully saturated rings. The Hall–Kier alpha value is -2.54. The molecule has 102 valence electrons. The van der Waals surface area contributed by atoms with E-state index >= 15 is 0 Å². The number of hydrogen-bond donors (Lipinski definition) is 0. The Bertz CT molecular complexity index is 759. The lowest BCUT2D eigenvalue weighted by Crippen LogP contribution is -2.01. The van der Waals surface area contributed by atoms with Crippen LogP contribution in [0.3, 0.4) is 0 Å². The molecule has 3 aromatic carbocycles. The van der Waals surface area contributed by atoms with Crippen LogP contribution in [0.25, 0.3) is 11.1 Å². The quantitative estimate of drug-likeness (QED) is 0.506. The van der Waals surface area contributed by atoms with E-state index in [9.17, 15) is 0 Å². The molecule has 1 heteroatoms. The van der Waals surface area contributed by atoms with Crippen LogP contribution < -0.4 is 4.74 Å². The maximum absolute atomic E-state index is 5.59. The molecular formula is C20H16O. The van der Waals surface area contributed by atoms with E-state index in [0.717, 1.165) is 5.75 Å². The molecule has 4 rings (SSSR count). The first-order valence-corrected chi connectivity index (χ1v) is 7.21. The van der Waals surface area contributed by atoms with Crippen molar-refractivity contribution in [2.24, 2.45) is 0 Å². The Balaban J connectivity index is 2.01. The summed E-state index contributed by atoms with van der Waals surface area (Å²) in [5, 5.41) is 0. The SMILES string of the molecule is COc1ccccc1C1c2ccccc2-c2ccccc21. The van der Waals surface area contributed by atoms with Crippen molar-refractivity contribution >= 4 is 0 Å². The van der Waals surface area contributed by atoms with Gasteiger partial charge in [0.15, 0.2) is 0 Å². The normalized spacial score (nSPS) is 12.8. The maximum atomic E-state index is 5.59. The van der Waals surface area contributed by atoms with E-state index in [1.54, 1.807) is 7.11 Å². The zero-order valence-electron chi connectivity index (χ0n) is 11.9. The predicted octanol–water partition coefficient (Wildman–Crippen LogP) is 4.86. The van der Waals surface area contributed by atoms with Crippen LogP contribution in [0.15, 0.2) is 72.8 Å². The largest absolute Gasteiger partial charge is 0.496 e. The molecule has 1 aliphatic carbocycles. The highest BCUT2D eigenvalue weighted by Gasteiger charge is 2.30. The second-order valence-electron chi connectivity index (χ2n) is 5.35. The van der Waals surface area contributed by atoms with Gasteiger partial charge in [0.25, 0.3) is 0 Å². The summed E-state index contributed by atoms with van der Waals surface area (Å²) in [6.45, 7) is 0. The number of para-hydroxylation sites is 1. The lowest BCUT2D eigenvalue weighted by Gasteiger charge is -2.17. The lowest BCUT2D eigenvalue weighted by molar-refractivity contribution is 0.409. The molecule has 0 saturated carbocycles. The monoisotopic (exact) mass is 272 g/mol. The van der Waals surface area contributed by atoms with E-state index in [0.29, 0.717) is 0 Å². The summed E-state index contributed by atoms with van der Waals surface area (Å²) in [5.41, 5.74) is 6.64. The highest BCUT2D eigenvalue weighted by molar-refractivity contribution is 5.81. The van der Waals surface area contributed by atoms with Gasteiger partial charge in [0.05, 0.1) is 7.11 Å². The maximum Gasteiger partial charge on any atom is 0.123 e. The fourth-order valence-corrected chi connectivity index (χ4v) is 3.40. The molecule has 0 radical (unpaired) electrons. The summed E-state index contributed by atoms with van der Waals surface area (Å²) in [4.78, 5) is 0. The third-order valence-electron chi connectivity index (χ3n) is 4.28. The molecule has 3 aromatic rings. The Morgan fingerprint density at radius 1 is 0.619 bits per heavy atom. The highest BCUT2D eigenvalue weighted by Crippen LogP contribution is 2.49. The molecule has 0 aliphatic heterocycles. The van der Waals surface area contributed by atoms with E-state index in [1.165, 1.54) is 27.8 Å². The summed E-state index contributed by atoms with van der Waals surface area (Å²) in [6, 6.07) is 25.7. The third kappa shape index (κ3) is 1.78. The van der Waals surface area contributed by atoms with Gasteiger partial charge >= 0.3 is 0 Å². The van der Waals surface area contributed by atoms with Crippen molar-refractivity contribution in [1.29, 1.82) is 0 Å². The Labute approximate surface area is 124 Å². The van der Waals surface area contributed by atoms with Gasteiger partial charge in [-0.3, -0.25) is 0 Å². The van der Waals surface area contributed by atoms with Crippen molar-refractivity contribution in [3.8, 4) is 16.9 Å². The fraction of sp³-hybridized carbons (Fsp3) is 0.100. The fourth-order valence-electron chi connectivity index (χ4n) is 3.40. The molecule has 0 unspecified atom stereocenters. The molecule has 1 aliphatic rings. The number of hydrogen-bond acceptors (Lipinski definition) is 1. The van der Waals surface area contributed by atoms with Gasteiger partial charge in [-0.1, -0.05) is 66.7 Å². The first kappa shape index (κ1) is 12.2. The minimum absolute atomic E-state index is 0.258. The third-order valence-corrected chi connectivity index (χ3v) is 4.28. The van der Waals surface area contributed by atoms with E-state index in [4.69, 9.17) is 4.74 Å².